The minimum atomic E-state index is -0.671. The van der Waals surface area contributed by atoms with Crippen LogP contribution in [-0.2, 0) is 7.05 Å². The van der Waals surface area contributed by atoms with E-state index in [9.17, 15) is 10.1 Å². The van der Waals surface area contributed by atoms with Gasteiger partial charge in [0, 0.05) is 0 Å². The lowest BCUT2D eigenvalue weighted by Crippen LogP contribution is -1.98. The van der Waals surface area contributed by atoms with Crippen molar-refractivity contribution in [1.29, 1.82) is 0 Å². The van der Waals surface area contributed by atoms with Crippen LogP contribution < -0.4 is 0 Å². The summed E-state index contributed by atoms with van der Waals surface area (Å²) in [6.45, 7) is 1.50. The molecule has 0 aliphatic carbocycles. The molecule has 0 atom stereocenters. The fourth-order valence-corrected chi connectivity index (χ4v) is 0.839. The molecular weight excluding hydrogens is 150 g/mol. The summed E-state index contributed by atoms with van der Waals surface area (Å²) >= 11 is 0. The summed E-state index contributed by atoms with van der Waals surface area (Å²) in [5.41, 5.74) is 0.263. The van der Waals surface area contributed by atoms with Gasteiger partial charge in [-0.15, -0.1) is 4.68 Å². The van der Waals surface area contributed by atoms with E-state index in [2.05, 4.69) is 5.10 Å². The Labute approximate surface area is 62.2 Å². The van der Waals surface area contributed by atoms with Crippen LogP contribution in [0.5, 0.6) is 5.75 Å². The van der Waals surface area contributed by atoms with Gasteiger partial charge in [-0.3, -0.25) is 0 Å². The first-order valence-electron chi connectivity index (χ1n) is 2.91. The van der Waals surface area contributed by atoms with Gasteiger partial charge in [0.15, 0.2) is 0 Å². The summed E-state index contributed by atoms with van der Waals surface area (Å²) in [5.74, 6) is -0.736. The number of aromatic hydroxyl groups is 1. The van der Waals surface area contributed by atoms with E-state index >= 15 is 0 Å². The van der Waals surface area contributed by atoms with Crippen LogP contribution in [0.3, 0.4) is 0 Å². The number of aromatic nitrogens is 2. The van der Waals surface area contributed by atoms with Crippen molar-refractivity contribution in [2.24, 2.45) is 7.05 Å². The van der Waals surface area contributed by atoms with E-state index in [1.165, 1.54) is 14.0 Å². The molecule has 0 bridgehead atoms. The van der Waals surface area contributed by atoms with E-state index in [1.807, 2.05) is 0 Å². The maximum absolute atomic E-state index is 10.2. The number of hydrogen-bond acceptors (Lipinski definition) is 4. The van der Waals surface area contributed by atoms with Gasteiger partial charge in [-0.1, -0.05) is 5.10 Å². The highest BCUT2D eigenvalue weighted by Crippen LogP contribution is 2.27. The van der Waals surface area contributed by atoms with Crippen molar-refractivity contribution in [3.8, 4) is 5.75 Å². The quantitative estimate of drug-likeness (QED) is 0.470. The molecule has 0 saturated heterocycles. The first-order chi connectivity index (χ1) is 5.04. The van der Waals surface area contributed by atoms with Crippen molar-refractivity contribution >= 4 is 5.82 Å². The van der Waals surface area contributed by atoms with Crippen LogP contribution >= 0.6 is 0 Å². The zero-order valence-corrected chi connectivity index (χ0v) is 6.11. The van der Waals surface area contributed by atoms with Gasteiger partial charge >= 0.3 is 5.82 Å². The molecule has 0 aliphatic rings. The van der Waals surface area contributed by atoms with E-state index < -0.39 is 4.92 Å². The Bertz CT molecular complexity index is 304. The van der Waals surface area contributed by atoms with Gasteiger partial charge in [-0.05, 0) is 11.8 Å². The normalized spacial score (nSPS) is 10.0. The van der Waals surface area contributed by atoms with Gasteiger partial charge in [0.05, 0.1) is 0 Å². The van der Waals surface area contributed by atoms with E-state index in [0.29, 0.717) is 0 Å². The molecule has 0 spiro atoms. The van der Waals surface area contributed by atoms with Gasteiger partial charge < -0.3 is 15.2 Å². The van der Waals surface area contributed by atoms with E-state index in [4.69, 9.17) is 5.11 Å². The van der Waals surface area contributed by atoms with Crippen LogP contribution in [0, 0.1) is 17.0 Å². The average molecular weight is 157 g/mol. The SMILES string of the molecule is Cc1nn(C)c([N+](=O)[O-])c1O. The van der Waals surface area contributed by atoms with Crippen LogP contribution in [0.4, 0.5) is 5.82 Å². The van der Waals surface area contributed by atoms with Crippen LogP contribution in [0.1, 0.15) is 5.69 Å². The molecule has 0 fully saturated rings. The molecule has 0 amide bonds. The van der Waals surface area contributed by atoms with Gasteiger partial charge in [-0.25, -0.2) is 0 Å². The Morgan fingerprint density at radius 2 is 2.27 bits per heavy atom. The highest BCUT2D eigenvalue weighted by atomic mass is 16.6. The van der Waals surface area contributed by atoms with Crippen molar-refractivity contribution < 1.29 is 10.0 Å². The molecule has 1 heterocycles. The predicted molar refractivity (Wildman–Crippen MR) is 36.3 cm³/mol. The zero-order chi connectivity index (χ0) is 8.59. The Balaban J connectivity index is 3.34. The fraction of sp³-hybridized carbons (Fsp3) is 0.400. The Morgan fingerprint density at radius 3 is 2.45 bits per heavy atom. The van der Waals surface area contributed by atoms with Crippen molar-refractivity contribution in [2.75, 3.05) is 0 Å². The smallest absolute Gasteiger partial charge is 0.387 e. The molecule has 0 aliphatic heterocycles. The van der Waals surface area contributed by atoms with Crippen LogP contribution in [0.25, 0.3) is 0 Å². The number of hydrogen-bond donors (Lipinski definition) is 1. The fourth-order valence-electron chi connectivity index (χ4n) is 0.839. The third-order valence-corrected chi connectivity index (χ3v) is 1.33. The second-order valence-electron chi connectivity index (χ2n) is 2.14. The monoisotopic (exact) mass is 157 g/mol. The minimum Gasteiger partial charge on any atom is -0.500 e. The lowest BCUT2D eigenvalue weighted by atomic mass is 10.4. The van der Waals surface area contributed by atoms with E-state index in [1.54, 1.807) is 0 Å². The standard InChI is InChI=1S/C5H7N3O3/c1-3-4(9)5(8(10)11)7(2)6-3/h9H,1-2H3. The van der Waals surface area contributed by atoms with Gasteiger partial charge in [0.2, 0.25) is 5.75 Å². The number of nitro groups is 1. The first kappa shape index (κ1) is 7.52. The number of rotatable bonds is 1. The molecule has 6 heteroatoms. The minimum absolute atomic E-state index is 0.263. The molecule has 1 rings (SSSR count). The third-order valence-electron chi connectivity index (χ3n) is 1.33. The Kier molecular flexibility index (Phi) is 1.52. The van der Waals surface area contributed by atoms with Gasteiger partial charge in [-0.2, -0.15) is 0 Å². The van der Waals surface area contributed by atoms with E-state index in [0.717, 1.165) is 4.68 Å². The summed E-state index contributed by atoms with van der Waals surface area (Å²) in [5, 5.41) is 23.0. The van der Waals surface area contributed by atoms with Crippen molar-refractivity contribution in [1.82, 2.24) is 9.78 Å². The molecule has 0 saturated carbocycles. The van der Waals surface area contributed by atoms with Gasteiger partial charge in [0.1, 0.15) is 12.7 Å². The molecule has 1 aromatic rings. The van der Waals surface area contributed by atoms with Crippen molar-refractivity contribution in [2.45, 2.75) is 6.92 Å². The summed E-state index contributed by atoms with van der Waals surface area (Å²) in [7, 11) is 1.41. The lowest BCUT2D eigenvalue weighted by molar-refractivity contribution is -0.393. The lowest BCUT2D eigenvalue weighted by Gasteiger charge is -1.91. The second kappa shape index (κ2) is 2.22. The highest BCUT2D eigenvalue weighted by molar-refractivity contribution is 5.42. The maximum Gasteiger partial charge on any atom is 0.387 e. The summed E-state index contributed by atoms with van der Waals surface area (Å²) in [6.07, 6.45) is 0. The Morgan fingerprint density at radius 1 is 1.73 bits per heavy atom. The average Bonchev–Trinajstić information content (AvgIpc) is 2.07. The molecule has 0 unspecified atom stereocenters. The largest absolute Gasteiger partial charge is 0.500 e. The summed E-state index contributed by atoms with van der Waals surface area (Å²) < 4.78 is 1.03. The molecule has 1 aromatic heterocycles. The first-order valence-corrected chi connectivity index (χ1v) is 2.91. The maximum atomic E-state index is 10.2. The molecule has 11 heavy (non-hydrogen) atoms. The number of aryl methyl sites for hydroxylation is 2. The number of nitrogens with zero attached hydrogens (tertiary/aromatic N) is 3. The van der Waals surface area contributed by atoms with Crippen LogP contribution in [0.2, 0.25) is 0 Å². The summed E-state index contributed by atoms with van der Waals surface area (Å²) in [6, 6.07) is 0. The molecule has 0 aromatic carbocycles. The van der Waals surface area contributed by atoms with Crippen molar-refractivity contribution in [3.63, 3.8) is 0 Å². The molecular formula is C5H7N3O3. The van der Waals surface area contributed by atoms with Crippen molar-refractivity contribution in [3.05, 3.63) is 15.8 Å². The second-order valence-corrected chi connectivity index (χ2v) is 2.14. The summed E-state index contributed by atoms with van der Waals surface area (Å²) in [4.78, 5) is 9.57. The Hall–Kier alpha value is -1.59. The van der Waals surface area contributed by atoms with Crippen LogP contribution in [0.15, 0.2) is 0 Å². The topological polar surface area (TPSA) is 81.2 Å². The third kappa shape index (κ3) is 1.02. The molecule has 1 N–H and O–H groups in total. The van der Waals surface area contributed by atoms with Crippen LogP contribution in [-0.4, -0.2) is 19.8 Å². The molecule has 6 nitrogen and oxygen atoms in total. The molecule has 60 valence electrons. The highest BCUT2D eigenvalue weighted by Gasteiger charge is 2.21. The van der Waals surface area contributed by atoms with Gasteiger partial charge in [0.25, 0.3) is 0 Å². The predicted octanol–water partition coefficient (Wildman–Crippen LogP) is 0.342. The van der Waals surface area contributed by atoms with E-state index in [-0.39, 0.29) is 17.3 Å². The zero-order valence-electron chi connectivity index (χ0n) is 6.11. The molecule has 0 radical (unpaired) electrons.